The fourth-order valence-electron chi connectivity index (χ4n) is 2.61. The molecule has 0 saturated carbocycles. The van der Waals surface area contributed by atoms with Crippen LogP contribution in [0.4, 0.5) is 0 Å². The van der Waals surface area contributed by atoms with E-state index in [2.05, 4.69) is 16.7 Å². The van der Waals surface area contributed by atoms with Crippen LogP contribution in [0.2, 0.25) is 0 Å². The number of methoxy groups -OCH3 is 1. The van der Waals surface area contributed by atoms with Crippen molar-refractivity contribution in [1.29, 1.82) is 0 Å². The van der Waals surface area contributed by atoms with Crippen molar-refractivity contribution < 1.29 is 14.2 Å². The van der Waals surface area contributed by atoms with Crippen molar-refractivity contribution in [3.05, 3.63) is 29.3 Å². The molecule has 5 nitrogen and oxygen atoms in total. The fourth-order valence-corrected chi connectivity index (χ4v) is 2.83. The normalized spacial score (nSPS) is 17.0. The van der Waals surface area contributed by atoms with Crippen LogP contribution >= 0.6 is 12.2 Å². The summed E-state index contributed by atoms with van der Waals surface area (Å²) in [5.41, 5.74) is 3.43. The molecule has 1 aromatic carbocycles. The molecule has 2 aliphatic rings. The van der Waals surface area contributed by atoms with Crippen LogP contribution in [0.1, 0.15) is 17.5 Å². The quantitative estimate of drug-likeness (QED) is 0.491. The molecular formula is C16H20N2O3S. The molecule has 118 valence electrons. The molecule has 0 amide bonds. The Kier molecular flexibility index (Phi) is 4.80. The van der Waals surface area contributed by atoms with Crippen molar-refractivity contribution in [3.8, 4) is 11.5 Å². The summed E-state index contributed by atoms with van der Waals surface area (Å²) in [5, 5.41) is 6.64. The van der Waals surface area contributed by atoms with Gasteiger partial charge in [0.2, 0.25) is 6.79 Å². The van der Waals surface area contributed by atoms with E-state index in [1.54, 1.807) is 7.11 Å². The maximum atomic E-state index is 5.47. The lowest BCUT2D eigenvalue weighted by Crippen LogP contribution is -2.26. The summed E-state index contributed by atoms with van der Waals surface area (Å²) in [5.74, 6) is 1.63. The first-order chi connectivity index (χ1) is 10.8. The maximum absolute atomic E-state index is 5.47. The van der Waals surface area contributed by atoms with Crippen LogP contribution in [0, 0.1) is 0 Å². The minimum absolute atomic E-state index is 0.296. The Morgan fingerprint density at radius 1 is 1.41 bits per heavy atom. The van der Waals surface area contributed by atoms with Gasteiger partial charge in [0.1, 0.15) is 4.99 Å². The standard InChI is InChI=1S/C16H20N2O3S/c1-19-6-2-4-18-16(22)9-13-12-8-15-14(20-10-21-15)7-11(12)3-5-17-13/h7-9,17H,2-6,10H2,1H3,(H,18,22)/b13-9-. The monoisotopic (exact) mass is 320 g/mol. The fraction of sp³-hybridized carbons (Fsp3) is 0.438. The van der Waals surface area contributed by atoms with E-state index in [-0.39, 0.29) is 0 Å². The molecule has 2 N–H and O–H groups in total. The van der Waals surface area contributed by atoms with Gasteiger partial charge in [-0.05, 0) is 36.6 Å². The molecule has 0 bridgehead atoms. The van der Waals surface area contributed by atoms with Gasteiger partial charge in [0.05, 0.1) is 0 Å². The number of rotatable bonds is 5. The molecule has 0 unspecified atom stereocenters. The van der Waals surface area contributed by atoms with Crippen molar-refractivity contribution in [3.63, 3.8) is 0 Å². The summed E-state index contributed by atoms with van der Waals surface area (Å²) in [6, 6.07) is 4.10. The minimum atomic E-state index is 0.296. The predicted molar refractivity (Wildman–Crippen MR) is 89.3 cm³/mol. The van der Waals surface area contributed by atoms with Gasteiger partial charge in [0.25, 0.3) is 0 Å². The van der Waals surface area contributed by atoms with E-state index >= 15 is 0 Å². The number of hydrogen-bond donors (Lipinski definition) is 2. The van der Waals surface area contributed by atoms with Crippen LogP contribution in [0.3, 0.4) is 0 Å². The van der Waals surface area contributed by atoms with E-state index in [1.807, 2.05) is 12.1 Å². The Balaban J connectivity index is 1.73. The van der Waals surface area contributed by atoms with Crippen molar-refractivity contribution in [2.75, 3.05) is 33.6 Å². The Morgan fingerprint density at radius 3 is 3.05 bits per heavy atom. The van der Waals surface area contributed by atoms with Crippen LogP contribution in [0.25, 0.3) is 5.70 Å². The lowest BCUT2D eigenvalue weighted by atomic mass is 9.97. The lowest BCUT2D eigenvalue weighted by molar-refractivity contribution is 0.174. The molecule has 0 radical (unpaired) electrons. The van der Waals surface area contributed by atoms with E-state index in [1.165, 1.54) is 5.56 Å². The molecule has 6 heteroatoms. The highest BCUT2D eigenvalue weighted by Crippen LogP contribution is 2.37. The molecule has 0 aromatic heterocycles. The number of benzene rings is 1. The van der Waals surface area contributed by atoms with E-state index in [9.17, 15) is 0 Å². The van der Waals surface area contributed by atoms with Crippen molar-refractivity contribution >= 4 is 22.9 Å². The average molecular weight is 320 g/mol. The van der Waals surface area contributed by atoms with Crippen LogP contribution in [0.5, 0.6) is 11.5 Å². The predicted octanol–water partition coefficient (Wildman–Crippen LogP) is 1.86. The van der Waals surface area contributed by atoms with Gasteiger partial charge in [-0.25, -0.2) is 0 Å². The lowest BCUT2D eigenvalue weighted by Gasteiger charge is -2.22. The molecule has 0 fully saturated rings. The van der Waals surface area contributed by atoms with Gasteiger partial charge in [0.15, 0.2) is 11.5 Å². The minimum Gasteiger partial charge on any atom is -0.454 e. The van der Waals surface area contributed by atoms with Gasteiger partial charge in [-0.3, -0.25) is 0 Å². The number of ether oxygens (including phenoxy) is 3. The van der Waals surface area contributed by atoms with Gasteiger partial charge in [-0.1, -0.05) is 12.2 Å². The highest BCUT2D eigenvalue weighted by molar-refractivity contribution is 7.80. The summed E-state index contributed by atoms with van der Waals surface area (Å²) in [4.78, 5) is 0.726. The first-order valence-corrected chi connectivity index (χ1v) is 7.84. The zero-order chi connectivity index (χ0) is 15.4. The van der Waals surface area contributed by atoms with E-state index in [0.29, 0.717) is 6.79 Å². The number of fused-ring (bicyclic) bond motifs is 2. The highest BCUT2D eigenvalue weighted by Gasteiger charge is 2.21. The Hall–Kier alpha value is -1.79. The summed E-state index contributed by atoms with van der Waals surface area (Å²) in [6.45, 7) is 2.73. The largest absolute Gasteiger partial charge is 0.454 e. The first-order valence-electron chi connectivity index (χ1n) is 7.43. The number of nitrogens with one attached hydrogen (secondary N) is 2. The number of thiocarbonyl (C=S) groups is 1. The van der Waals surface area contributed by atoms with Crippen LogP contribution in [-0.2, 0) is 11.2 Å². The second-order valence-electron chi connectivity index (χ2n) is 5.23. The SMILES string of the molecule is COCCCNC(=S)/C=C1\NCCc2cc3c(cc21)OCO3. The molecule has 0 saturated heterocycles. The third kappa shape index (κ3) is 3.34. The Labute approximate surface area is 135 Å². The third-order valence-corrected chi connectivity index (χ3v) is 3.96. The van der Waals surface area contributed by atoms with Crippen molar-refractivity contribution in [1.82, 2.24) is 10.6 Å². The average Bonchev–Trinajstić information content (AvgIpc) is 2.97. The Bertz CT molecular complexity index is 601. The molecule has 0 spiro atoms. The topological polar surface area (TPSA) is 51.8 Å². The summed E-state index contributed by atoms with van der Waals surface area (Å²) in [6.07, 6.45) is 3.88. The van der Waals surface area contributed by atoms with Crippen LogP contribution in [0.15, 0.2) is 18.2 Å². The summed E-state index contributed by atoms with van der Waals surface area (Å²) < 4.78 is 15.9. The smallest absolute Gasteiger partial charge is 0.231 e. The van der Waals surface area contributed by atoms with Crippen molar-refractivity contribution in [2.24, 2.45) is 0 Å². The van der Waals surface area contributed by atoms with Crippen LogP contribution < -0.4 is 20.1 Å². The first kappa shape index (κ1) is 15.1. The molecular weight excluding hydrogens is 300 g/mol. The third-order valence-electron chi connectivity index (χ3n) is 3.70. The maximum Gasteiger partial charge on any atom is 0.231 e. The highest BCUT2D eigenvalue weighted by atomic mass is 32.1. The van der Waals surface area contributed by atoms with Crippen molar-refractivity contribution in [2.45, 2.75) is 12.8 Å². The van der Waals surface area contributed by atoms with Gasteiger partial charge >= 0.3 is 0 Å². The second kappa shape index (κ2) is 6.98. The van der Waals surface area contributed by atoms with Gasteiger partial charge in [-0.2, -0.15) is 0 Å². The van der Waals surface area contributed by atoms with Gasteiger partial charge in [-0.15, -0.1) is 0 Å². The number of hydrogen-bond acceptors (Lipinski definition) is 5. The van der Waals surface area contributed by atoms with Gasteiger partial charge in [0, 0.05) is 38.1 Å². The molecule has 0 aliphatic carbocycles. The molecule has 0 atom stereocenters. The molecule has 1 aromatic rings. The molecule has 2 heterocycles. The Morgan fingerprint density at radius 2 is 2.23 bits per heavy atom. The molecule has 22 heavy (non-hydrogen) atoms. The molecule has 2 aliphatic heterocycles. The summed E-state index contributed by atoms with van der Waals surface area (Å²) in [7, 11) is 1.70. The van der Waals surface area contributed by atoms with Gasteiger partial charge < -0.3 is 24.8 Å². The zero-order valence-corrected chi connectivity index (χ0v) is 13.4. The second-order valence-corrected chi connectivity index (χ2v) is 5.67. The van der Waals surface area contributed by atoms with E-state index in [4.69, 9.17) is 26.4 Å². The molecule has 3 rings (SSSR count). The van der Waals surface area contributed by atoms with Crippen LogP contribution in [-0.4, -0.2) is 38.6 Å². The zero-order valence-electron chi connectivity index (χ0n) is 12.6. The van der Waals surface area contributed by atoms with E-state index < -0.39 is 0 Å². The van der Waals surface area contributed by atoms with E-state index in [0.717, 1.165) is 60.3 Å². The summed E-state index contributed by atoms with van der Waals surface area (Å²) >= 11 is 5.39.